The van der Waals surface area contributed by atoms with Crippen LogP contribution in [-0.2, 0) is 22.6 Å². The Labute approximate surface area is 161 Å². The highest BCUT2D eigenvalue weighted by molar-refractivity contribution is 7.20. The van der Waals surface area contributed by atoms with Crippen molar-refractivity contribution in [2.75, 3.05) is 19.8 Å². The van der Waals surface area contributed by atoms with Gasteiger partial charge in [0.15, 0.2) is 0 Å². The van der Waals surface area contributed by atoms with Crippen LogP contribution in [0.2, 0.25) is 0 Å². The van der Waals surface area contributed by atoms with Crippen LogP contribution < -0.4 is 5.32 Å². The molecule has 1 N–H and O–H groups in total. The molecule has 6 heteroatoms. The number of halogens is 1. The van der Waals surface area contributed by atoms with Crippen molar-refractivity contribution in [1.29, 1.82) is 0 Å². The van der Waals surface area contributed by atoms with Crippen molar-refractivity contribution in [1.82, 2.24) is 5.32 Å². The zero-order valence-electron chi connectivity index (χ0n) is 15.2. The first-order valence-electron chi connectivity index (χ1n) is 8.87. The van der Waals surface area contributed by atoms with Crippen molar-refractivity contribution < 1.29 is 18.7 Å². The number of rotatable bonds is 9. The molecule has 3 rings (SSSR count). The summed E-state index contributed by atoms with van der Waals surface area (Å²) >= 11 is 1.29. The number of benzene rings is 2. The standard InChI is InChI=1S/C21H22FNO3S/c1-2-25-9-10-26-14-16-6-3-5-15(11-16)13-23-21(24)20-12-17-18(22)7-4-8-19(17)27-20/h3-8,11-12H,2,9-10,13-14H2,1H3,(H,23,24). The third-order valence-corrected chi connectivity index (χ3v) is 5.12. The molecule has 0 bridgehead atoms. The number of nitrogens with one attached hydrogen (secondary N) is 1. The fraction of sp³-hybridized carbons (Fsp3) is 0.286. The molecule has 0 spiro atoms. The molecule has 0 unspecified atom stereocenters. The molecule has 0 saturated carbocycles. The summed E-state index contributed by atoms with van der Waals surface area (Å²) < 4.78 is 25.4. The third-order valence-electron chi connectivity index (χ3n) is 4.02. The highest BCUT2D eigenvalue weighted by Gasteiger charge is 2.12. The Bertz CT molecular complexity index is 909. The summed E-state index contributed by atoms with van der Waals surface area (Å²) in [7, 11) is 0. The number of fused-ring (bicyclic) bond motifs is 1. The van der Waals surface area contributed by atoms with E-state index in [9.17, 15) is 9.18 Å². The lowest BCUT2D eigenvalue weighted by Gasteiger charge is -2.08. The van der Waals surface area contributed by atoms with Crippen LogP contribution in [0.15, 0.2) is 48.5 Å². The number of hydrogen-bond donors (Lipinski definition) is 1. The first-order valence-corrected chi connectivity index (χ1v) is 9.68. The van der Waals surface area contributed by atoms with E-state index in [1.165, 1.54) is 17.4 Å². The van der Waals surface area contributed by atoms with Crippen LogP contribution in [0.1, 0.15) is 27.7 Å². The van der Waals surface area contributed by atoms with Crippen molar-refractivity contribution in [3.63, 3.8) is 0 Å². The van der Waals surface area contributed by atoms with E-state index in [1.807, 2.05) is 37.3 Å². The first kappa shape index (κ1) is 19.5. The van der Waals surface area contributed by atoms with E-state index in [0.717, 1.165) is 15.8 Å². The summed E-state index contributed by atoms with van der Waals surface area (Å²) in [6.45, 7) is 4.68. The summed E-state index contributed by atoms with van der Waals surface area (Å²) in [6.07, 6.45) is 0. The number of thiophene rings is 1. The average molecular weight is 387 g/mol. The van der Waals surface area contributed by atoms with Gasteiger partial charge in [-0.05, 0) is 36.2 Å². The maximum atomic E-state index is 13.8. The Morgan fingerprint density at radius 1 is 1.07 bits per heavy atom. The van der Waals surface area contributed by atoms with Gasteiger partial charge in [-0.2, -0.15) is 0 Å². The lowest BCUT2D eigenvalue weighted by atomic mass is 10.1. The van der Waals surface area contributed by atoms with E-state index in [4.69, 9.17) is 9.47 Å². The molecular formula is C21H22FNO3S. The molecule has 0 aliphatic carbocycles. The minimum atomic E-state index is -0.306. The number of hydrogen-bond acceptors (Lipinski definition) is 4. The van der Waals surface area contributed by atoms with Gasteiger partial charge in [0.2, 0.25) is 0 Å². The fourth-order valence-electron chi connectivity index (χ4n) is 2.69. The Kier molecular flexibility index (Phi) is 6.92. The molecular weight excluding hydrogens is 365 g/mol. The number of carbonyl (C=O) groups excluding carboxylic acids is 1. The zero-order valence-corrected chi connectivity index (χ0v) is 16.0. The van der Waals surface area contributed by atoms with E-state index in [-0.39, 0.29) is 11.7 Å². The number of amides is 1. The smallest absolute Gasteiger partial charge is 0.261 e. The van der Waals surface area contributed by atoms with Gasteiger partial charge in [-0.15, -0.1) is 11.3 Å². The van der Waals surface area contributed by atoms with Crippen LogP contribution in [-0.4, -0.2) is 25.7 Å². The summed E-state index contributed by atoms with van der Waals surface area (Å²) in [5.41, 5.74) is 2.03. The second-order valence-electron chi connectivity index (χ2n) is 6.01. The Morgan fingerprint density at radius 3 is 2.67 bits per heavy atom. The molecule has 3 aromatic rings. The molecule has 1 amide bonds. The van der Waals surface area contributed by atoms with Crippen molar-refractivity contribution in [2.24, 2.45) is 0 Å². The highest BCUT2D eigenvalue weighted by atomic mass is 32.1. The molecule has 0 aliphatic rings. The number of carbonyl (C=O) groups is 1. The van der Waals surface area contributed by atoms with Gasteiger partial charge >= 0.3 is 0 Å². The molecule has 1 aromatic heterocycles. The van der Waals surface area contributed by atoms with Crippen LogP contribution in [0.3, 0.4) is 0 Å². The SMILES string of the molecule is CCOCCOCc1cccc(CNC(=O)c2cc3c(F)cccc3s2)c1. The maximum Gasteiger partial charge on any atom is 0.261 e. The zero-order chi connectivity index (χ0) is 19.1. The molecule has 27 heavy (non-hydrogen) atoms. The topological polar surface area (TPSA) is 47.6 Å². The fourth-order valence-corrected chi connectivity index (χ4v) is 3.68. The molecule has 0 aliphatic heterocycles. The van der Waals surface area contributed by atoms with Crippen LogP contribution >= 0.6 is 11.3 Å². The molecule has 2 aromatic carbocycles. The third kappa shape index (κ3) is 5.35. The van der Waals surface area contributed by atoms with E-state index in [2.05, 4.69) is 5.32 Å². The summed E-state index contributed by atoms with van der Waals surface area (Å²) in [5, 5.41) is 3.38. The second kappa shape index (κ2) is 9.60. The van der Waals surface area contributed by atoms with Gasteiger partial charge in [0.1, 0.15) is 5.82 Å². The molecule has 0 fully saturated rings. The normalized spacial score (nSPS) is 11.0. The van der Waals surface area contributed by atoms with Crippen molar-refractivity contribution in [3.05, 3.63) is 70.4 Å². The van der Waals surface area contributed by atoms with Crippen molar-refractivity contribution >= 4 is 27.3 Å². The van der Waals surface area contributed by atoms with Crippen LogP contribution in [0.4, 0.5) is 4.39 Å². The van der Waals surface area contributed by atoms with Crippen molar-refractivity contribution in [2.45, 2.75) is 20.1 Å². The lowest BCUT2D eigenvalue weighted by molar-refractivity contribution is 0.0453. The van der Waals surface area contributed by atoms with Gasteiger partial charge in [-0.1, -0.05) is 30.3 Å². The van der Waals surface area contributed by atoms with E-state index >= 15 is 0 Å². The van der Waals surface area contributed by atoms with Crippen LogP contribution in [0.25, 0.3) is 10.1 Å². The van der Waals surface area contributed by atoms with Crippen molar-refractivity contribution in [3.8, 4) is 0 Å². The molecule has 1 heterocycles. The summed E-state index contributed by atoms with van der Waals surface area (Å²) in [4.78, 5) is 12.9. The Morgan fingerprint density at radius 2 is 1.85 bits per heavy atom. The molecule has 0 saturated heterocycles. The molecule has 0 radical (unpaired) electrons. The minimum Gasteiger partial charge on any atom is -0.379 e. The predicted octanol–water partition coefficient (Wildman–Crippen LogP) is 4.52. The minimum absolute atomic E-state index is 0.200. The van der Waals surface area contributed by atoms with Crippen LogP contribution in [0.5, 0.6) is 0 Å². The van der Waals surface area contributed by atoms with E-state index in [0.29, 0.717) is 43.2 Å². The molecule has 142 valence electrons. The summed E-state index contributed by atoms with van der Waals surface area (Å²) in [6, 6.07) is 14.4. The average Bonchev–Trinajstić information content (AvgIpc) is 3.12. The van der Waals surface area contributed by atoms with Gasteiger partial charge in [-0.3, -0.25) is 4.79 Å². The van der Waals surface area contributed by atoms with Gasteiger partial charge in [0.05, 0.1) is 24.7 Å². The Balaban J connectivity index is 1.55. The molecule has 4 nitrogen and oxygen atoms in total. The van der Waals surface area contributed by atoms with E-state index < -0.39 is 0 Å². The van der Waals surface area contributed by atoms with Crippen LogP contribution in [0, 0.1) is 5.82 Å². The largest absolute Gasteiger partial charge is 0.379 e. The predicted molar refractivity (Wildman–Crippen MR) is 106 cm³/mol. The quantitative estimate of drug-likeness (QED) is 0.549. The maximum absolute atomic E-state index is 13.8. The second-order valence-corrected chi connectivity index (χ2v) is 7.10. The van der Waals surface area contributed by atoms with Gasteiger partial charge in [-0.25, -0.2) is 4.39 Å². The monoisotopic (exact) mass is 387 g/mol. The first-order chi connectivity index (χ1) is 13.2. The lowest BCUT2D eigenvalue weighted by Crippen LogP contribution is -2.21. The van der Waals surface area contributed by atoms with Gasteiger partial charge < -0.3 is 14.8 Å². The molecule has 0 atom stereocenters. The highest BCUT2D eigenvalue weighted by Crippen LogP contribution is 2.27. The van der Waals surface area contributed by atoms with Gasteiger partial charge in [0, 0.05) is 23.2 Å². The van der Waals surface area contributed by atoms with Gasteiger partial charge in [0.25, 0.3) is 5.91 Å². The Hall–Kier alpha value is -2.28. The van der Waals surface area contributed by atoms with E-state index in [1.54, 1.807) is 12.1 Å². The summed E-state index contributed by atoms with van der Waals surface area (Å²) in [5.74, 6) is -0.506. The number of ether oxygens (including phenoxy) is 2.